The summed E-state index contributed by atoms with van der Waals surface area (Å²) in [5.74, 6) is 0.212. The zero-order valence-corrected chi connectivity index (χ0v) is 7.04. The molecule has 1 rings (SSSR count). The topological polar surface area (TPSA) is 52.4 Å². The van der Waals surface area contributed by atoms with Crippen LogP contribution in [0.5, 0.6) is 5.75 Å². The Morgan fingerprint density at radius 2 is 2.25 bits per heavy atom. The van der Waals surface area contributed by atoms with Gasteiger partial charge in [-0.05, 0) is 12.1 Å². The number of hydrogen-bond donors (Lipinski definition) is 0. The number of methoxy groups -OCH3 is 1. The van der Waals surface area contributed by atoms with Gasteiger partial charge in [-0.25, -0.2) is 0 Å². The highest BCUT2D eigenvalue weighted by atomic mass is 35.5. The van der Waals surface area contributed by atoms with E-state index in [0.717, 1.165) is 0 Å². The SMILES string of the molecule is COc1ccc(Cl)cc1[N+](=O)[O-]. The van der Waals surface area contributed by atoms with Crippen LogP contribution in [0.4, 0.5) is 5.69 Å². The van der Waals surface area contributed by atoms with Crippen molar-refractivity contribution >= 4 is 17.3 Å². The van der Waals surface area contributed by atoms with E-state index in [0.29, 0.717) is 5.02 Å². The molecule has 0 unspecified atom stereocenters. The smallest absolute Gasteiger partial charge is 0.312 e. The zero-order chi connectivity index (χ0) is 9.14. The maximum Gasteiger partial charge on any atom is 0.312 e. The molecule has 0 saturated carbocycles. The molecule has 0 aliphatic rings. The molecule has 0 aromatic heterocycles. The van der Waals surface area contributed by atoms with Crippen molar-refractivity contribution in [3.05, 3.63) is 33.3 Å². The molecule has 0 saturated heterocycles. The molecule has 1 aromatic carbocycles. The Balaban J connectivity index is 3.21. The summed E-state index contributed by atoms with van der Waals surface area (Å²) in [5.41, 5.74) is -0.120. The van der Waals surface area contributed by atoms with Crippen molar-refractivity contribution in [2.24, 2.45) is 0 Å². The quantitative estimate of drug-likeness (QED) is 0.527. The van der Waals surface area contributed by atoms with Crippen LogP contribution in [0.25, 0.3) is 0 Å². The number of nitro groups is 1. The molecule has 0 aliphatic heterocycles. The van der Waals surface area contributed by atoms with Crippen LogP contribution < -0.4 is 4.74 Å². The molecule has 0 atom stereocenters. The van der Waals surface area contributed by atoms with Gasteiger partial charge < -0.3 is 4.74 Å². The Hall–Kier alpha value is -1.29. The summed E-state index contributed by atoms with van der Waals surface area (Å²) in [7, 11) is 1.37. The molecule has 64 valence electrons. The van der Waals surface area contributed by atoms with Crippen LogP contribution in [-0.4, -0.2) is 12.0 Å². The van der Waals surface area contributed by atoms with E-state index in [1.807, 2.05) is 0 Å². The lowest BCUT2D eigenvalue weighted by Gasteiger charge is -2.00. The molecule has 0 aliphatic carbocycles. The summed E-state index contributed by atoms with van der Waals surface area (Å²) >= 11 is 5.56. The first-order valence-electron chi connectivity index (χ1n) is 3.13. The predicted octanol–water partition coefficient (Wildman–Crippen LogP) is 2.26. The van der Waals surface area contributed by atoms with Gasteiger partial charge >= 0.3 is 5.69 Å². The minimum absolute atomic E-state index is 0.120. The fourth-order valence-electron chi connectivity index (χ4n) is 0.806. The summed E-state index contributed by atoms with van der Waals surface area (Å²) in [5, 5.41) is 10.7. The molecule has 0 radical (unpaired) electrons. The molecule has 0 amide bonds. The van der Waals surface area contributed by atoms with E-state index in [1.165, 1.54) is 25.3 Å². The number of benzene rings is 1. The van der Waals surface area contributed by atoms with E-state index < -0.39 is 4.92 Å². The molecule has 5 heteroatoms. The van der Waals surface area contributed by atoms with Gasteiger partial charge in [0.1, 0.15) is 0 Å². The van der Waals surface area contributed by atoms with E-state index in [9.17, 15) is 10.1 Å². The highest BCUT2D eigenvalue weighted by molar-refractivity contribution is 6.30. The molecule has 0 heterocycles. The van der Waals surface area contributed by atoms with Crippen molar-refractivity contribution < 1.29 is 9.66 Å². The third-order valence-electron chi connectivity index (χ3n) is 1.34. The van der Waals surface area contributed by atoms with E-state index in [-0.39, 0.29) is 11.4 Å². The molecule has 4 nitrogen and oxygen atoms in total. The van der Waals surface area contributed by atoms with Gasteiger partial charge in [0.15, 0.2) is 5.75 Å². The Morgan fingerprint density at radius 1 is 1.58 bits per heavy atom. The third kappa shape index (κ3) is 1.65. The van der Waals surface area contributed by atoms with Crippen molar-refractivity contribution in [3.63, 3.8) is 0 Å². The fraction of sp³-hybridized carbons (Fsp3) is 0.143. The first kappa shape index (κ1) is 8.80. The largest absolute Gasteiger partial charge is 0.490 e. The van der Waals surface area contributed by atoms with Crippen LogP contribution in [0.2, 0.25) is 5.02 Å². The normalized spacial score (nSPS) is 9.50. The van der Waals surface area contributed by atoms with Gasteiger partial charge in [-0.1, -0.05) is 11.6 Å². The number of hydrogen-bond acceptors (Lipinski definition) is 3. The molecule has 0 N–H and O–H groups in total. The van der Waals surface area contributed by atoms with Gasteiger partial charge in [0, 0.05) is 11.1 Å². The first-order chi connectivity index (χ1) is 5.65. The summed E-state index contributed by atoms with van der Waals surface area (Å²) in [6.07, 6.45) is 0. The average molecular weight is 188 g/mol. The highest BCUT2D eigenvalue weighted by Gasteiger charge is 2.13. The van der Waals surface area contributed by atoms with Crippen molar-refractivity contribution in [3.8, 4) is 5.75 Å². The van der Waals surface area contributed by atoms with Crippen molar-refractivity contribution in [2.75, 3.05) is 7.11 Å². The van der Waals surface area contributed by atoms with Crippen LogP contribution in [0.15, 0.2) is 18.2 Å². The van der Waals surface area contributed by atoms with Crippen LogP contribution in [0.1, 0.15) is 0 Å². The van der Waals surface area contributed by atoms with E-state index in [1.54, 1.807) is 0 Å². The number of ether oxygens (including phenoxy) is 1. The van der Waals surface area contributed by atoms with Gasteiger partial charge in [-0.3, -0.25) is 10.1 Å². The van der Waals surface area contributed by atoms with Gasteiger partial charge in [-0.15, -0.1) is 0 Å². The zero-order valence-electron chi connectivity index (χ0n) is 6.28. The monoisotopic (exact) mass is 187 g/mol. The van der Waals surface area contributed by atoms with Gasteiger partial charge in [0.25, 0.3) is 0 Å². The second kappa shape index (κ2) is 3.40. The van der Waals surface area contributed by atoms with Crippen molar-refractivity contribution in [1.82, 2.24) is 0 Å². The Kier molecular flexibility index (Phi) is 2.50. The van der Waals surface area contributed by atoms with Crippen LogP contribution in [0.3, 0.4) is 0 Å². The number of nitrogens with zero attached hydrogens (tertiary/aromatic N) is 1. The minimum Gasteiger partial charge on any atom is -0.490 e. The molecule has 1 aromatic rings. The number of rotatable bonds is 2. The van der Waals surface area contributed by atoms with Gasteiger partial charge in [0.2, 0.25) is 0 Å². The Bertz CT molecular complexity index is 314. The second-order valence-corrected chi connectivity index (χ2v) is 2.51. The lowest BCUT2D eigenvalue weighted by Crippen LogP contribution is -1.92. The maximum atomic E-state index is 10.4. The summed E-state index contributed by atoms with van der Waals surface area (Å²) in [6, 6.07) is 4.24. The Morgan fingerprint density at radius 3 is 2.75 bits per heavy atom. The lowest BCUT2D eigenvalue weighted by atomic mass is 10.3. The van der Waals surface area contributed by atoms with E-state index in [2.05, 4.69) is 0 Å². The first-order valence-corrected chi connectivity index (χ1v) is 3.51. The van der Waals surface area contributed by atoms with Crippen molar-refractivity contribution in [2.45, 2.75) is 0 Å². The van der Waals surface area contributed by atoms with Crippen LogP contribution in [0, 0.1) is 10.1 Å². The standard InChI is InChI=1S/C7H6ClNO3/c1-12-7-3-2-5(8)4-6(7)9(10)11/h2-4H,1H3. The van der Waals surface area contributed by atoms with Crippen molar-refractivity contribution in [1.29, 1.82) is 0 Å². The lowest BCUT2D eigenvalue weighted by molar-refractivity contribution is -0.385. The molecular formula is C7H6ClNO3. The molecule has 0 bridgehead atoms. The second-order valence-electron chi connectivity index (χ2n) is 2.07. The average Bonchev–Trinajstić information content (AvgIpc) is 2.04. The summed E-state index contributed by atoms with van der Waals surface area (Å²) < 4.78 is 4.76. The Labute approximate surface area is 73.9 Å². The van der Waals surface area contributed by atoms with Crippen LogP contribution >= 0.6 is 11.6 Å². The summed E-state index contributed by atoms with van der Waals surface area (Å²) in [6.45, 7) is 0. The van der Waals surface area contributed by atoms with Crippen LogP contribution in [-0.2, 0) is 0 Å². The van der Waals surface area contributed by atoms with Gasteiger partial charge in [0.05, 0.1) is 12.0 Å². The number of halogens is 1. The number of nitro benzene ring substituents is 1. The fourth-order valence-corrected chi connectivity index (χ4v) is 0.972. The molecule has 12 heavy (non-hydrogen) atoms. The maximum absolute atomic E-state index is 10.4. The summed E-state index contributed by atoms with van der Waals surface area (Å²) in [4.78, 5) is 9.86. The molecule has 0 spiro atoms. The molecular weight excluding hydrogens is 182 g/mol. The van der Waals surface area contributed by atoms with E-state index in [4.69, 9.17) is 16.3 Å². The van der Waals surface area contributed by atoms with Gasteiger partial charge in [-0.2, -0.15) is 0 Å². The minimum atomic E-state index is -0.537. The predicted molar refractivity (Wildman–Crippen MR) is 44.7 cm³/mol. The highest BCUT2D eigenvalue weighted by Crippen LogP contribution is 2.29. The third-order valence-corrected chi connectivity index (χ3v) is 1.57. The molecule has 0 fully saturated rings. The van der Waals surface area contributed by atoms with E-state index >= 15 is 0 Å².